The first-order valence-electron chi connectivity index (χ1n) is 16.0. The van der Waals surface area contributed by atoms with Gasteiger partial charge in [0, 0.05) is 54.4 Å². The number of nitrogens with zero attached hydrogens (tertiary/aromatic N) is 4. The second kappa shape index (κ2) is 14.1. The van der Waals surface area contributed by atoms with Gasteiger partial charge in [-0.1, -0.05) is 30.7 Å². The lowest BCUT2D eigenvalue weighted by Crippen LogP contribution is -2.36. The highest BCUT2D eigenvalue weighted by Crippen LogP contribution is 2.39. The molecule has 1 aromatic heterocycles. The van der Waals surface area contributed by atoms with Crippen molar-refractivity contribution in [2.75, 3.05) is 67.5 Å². The van der Waals surface area contributed by atoms with Crippen molar-refractivity contribution in [3.05, 3.63) is 77.9 Å². The number of fused-ring (bicyclic) bond motifs is 1. The topological polar surface area (TPSA) is 96.0 Å². The number of anilines is 6. The van der Waals surface area contributed by atoms with Crippen molar-refractivity contribution in [3.63, 3.8) is 0 Å². The number of para-hydroxylation sites is 1. The Morgan fingerprint density at radius 3 is 2.48 bits per heavy atom. The third-order valence-electron chi connectivity index (χ3n) is 8.84. The Morgan fingerprint density at radius 2 is 1.72 bits per heavy atom. The van der Waals surface area contributed by atoms with Crippen LogP contribution in [-0.2, 0) is 17.7 Å². The van der Waals surface area contributed by atoms with E-state index in [2.05, 4.69) is 73.7 Å². The molecule has 0 spiro atoms. The summed E-state index contributed by atoms with van der Waals surface area (Å²) in [6.07, 6.45) is 4.62. The van der Waals surface area contributed by atoms with E-state index in [0.29, 0.717) is 12.0 Å². The highest BCUT2D eigenvalue weighted by molar-refractivity contribution is 7.97. The van der Waals surface area contributed by atoms with Crippen molar-refractivity contribution in [1.82, 2.24) is 14.7 Å². The number of rotatable bonds is 12. The maximum Gasteiger partial charge on any atom is 0.231 e. The van der Waals surface area contributed by atoms with Gasteiger partial charge < -0.3 is 34.6 Å². The SMILES string of the molecule is COc1ccc(CN2CCc3c(Nc4ccccc4SNC4CCC4)nc(Nc4ccc(N5CCOCC5)cc4OC)nc32)cc1. The van der Waals surface area contributed by atoms with Crippen molar-refractivity contribution in [1.29, 1.82) is 0 Å². The van der Waals surface area contributed by atoms with E-state index in [9.17, 15) is 0 Å². The van der Waals surface area contributed by atoms with Gasteiger partial charge in [0.25, 0.3) is 0 Å². The van der Waals surface area contributed by atoms with E-state index in [0.717, 1.165) is 96.5 Å². The summed E-state index contributed by atoms with van der Waals surface area (Å²) in [6.45, 7) is 4.77. The molecule has 3 heterocycles. The summed E-state index contributed by atoms with van der Waals surface area (Å²) in [5.41, 5.74) is 5.25. The zero-order chi connectivity index (χ0) is 31.3. The monoisotopic (exact) mass is 639 g/mol. The molecule has 1 aliphatic carbocycles. The highest BCUT2D eigenvalue weighted by atomic mass is 32.2. The molecule has 3 aromatic carbocycles. The van der Waals surface area contributed by atoms with Crippen LogP contribution in [0.4, 0.5) is 34.6 Å². The Kier molecular flexibility index (Phi) is 9.31. The number of hydrogen-bond donors (Lipinski definition) is 3. The smallest absolute Gasteiger partial charge is 0.231 e. The fraction of sp³-hybridized carbons (Fsp3) is 0.371. The van der Waals surface area contributed by atoms with E-state index in [4.69, 9.17) is 24.2 Å². The fourth-order valence-corrected chi connectivity index (χ4v) is 6.87. The van der Waals surface area contributed by atoms with E-state index in [-0.39, 0.29) is 0 Å². The highest BCUT2D eigenvalue weighted by Gasteiger charge is 2.27. The molecule has 1 saturated carbocycles. The summed E-state index contributed by atoms with van der Waals surface area (Å²) < 4.78 is 20.4. The normalized spacial score (nSPS) is 16.1. The number of morpholine rings is 1. The minimum Gasteiger partial charge on any atom is -0.497 e. The van der Waals surface area contributed by atoms with Crippen molar-refractivity contribution in [2.24, 2.45) is 0 Å². The van der Waals surface area contributed by atoms with Gasteiger partial charge in [-0.2, -0.15) is 9.97 Å². The molecule has 4 aromatic rings. The Bertz CT molecular complexity index is 1640. The van der Waals surface area contributed by atoms with E-state index in [1.54, 1.807) is 26.2 Å². The molecule has 2 aliphatic heterocycles. The minimum atomic E-state index is 0.512. The maximum atomic E-state index is 5.84. The summed E-state index contributed by atoms with van der Waals surface area (Å²) in [7, 11) is 3.39. The van der Waals surface area contributed by atoms with Crippen LogP contribution >= 0.6 is 11.9 Å². The molecule has 46 heavy (non-hydrogen) atoms. The molecule has 2 fully saturated rings. The van der Waals surface area contributed by atoms with Crippen molar-refractivity contribution < 1.29 is 14.2 Å². The maximum absolute atomic E-state index is 5.84. The molecule has 10 nitrogen and oxygen atoms in total. The molecule has 0 bridgehead atoms. The van der Waals surface area contributed by atoms with E-state index in [1.165, 1.54) is 24.8 Å². The van der Waals surface area contributed by atoms with Gasteiger partial charge in [-0.25, -0.2) is 0 Å². The van der Waals surface area contributed by atoms with E-state index >= 15 is 0 Å². The Morgan fingerprint density at radius 1 is 0.891 bits per heavy atom. The van der Waals surface area contributed by atoms with Crippen LogP contribution in [0.1, 0.15) is 30.4 Å². The van der Waals surface area contributed by atoms with Crippen LogP contribution < -0.4 is 34.6 Å². The van der Waals surface area contributed by atoms with E-state index in [1.807, 2.05) is 18.2 Å². The molecule has 0 radical (unpaired) electrons. The third-order valence-corrected chi connectivity index (χ3v) is 9.86. The van der Waals surface area contributed by atoms with Gasteiger partial charge in [-0.3, -0.25) is 4.72 Å². The van der Waals surface area contributed by atoms with Crippen LogP contribution in [0.3, 0.4) is 0 Å². The second-order valence-electron chi connectivity index (χ2n) is 11.8. The number of aromatic nitrogens is 2. The lowest BCUT2D eigenvalue weighted by molar-refractivity contribution is 0.122. The number of hydrogen-bond acceptors (Lipinski definition) is 11. The predicted octanol–water partition coefficient (Wildman–Crippen LogP) is 6.53. The van der Waals surface area contributed by atoms with Crippen LogP contribution in [0.15, 0.2) is 71.6 Å². The first kappa shape index (κ1) is 30.5. The van der Waals surface area contributed by atoms with Gasteiger partial charge in [-0.05, 0) is 73.2 Å². The van der Waals surface area contributed by atoms with Gasteiger partial charge in [0.2, 0.25) is 5.95 Å². The molecule has 7 rings (SSSR count). The lowest BCUT2D eigenvalue weighted by Gasteiger charge is -2.29. The summed E-state index contributed by atoms with van der Waals surface area (Å²) in [5.74, 6) is 3.84. The first-order valence-corrected chi connectivity index (χ1v) is 16.8. The van der Waals surface area contributed by atoms with Crippen LogP contribution in [0.2, 0.25) is 0 Å². The zero-order valence-corrected chi connectivity index (χ0v) is 27.2. The van der Waals surface area contributed by atoms with E-state index < -0.39 is 0 Å². The lowest BCUT2D eigenvalue weighted by atomic mass is 9.94. The molecular formula is C35H41N7O3S. The second-order valence-corrected chi connectivity index (χ2v) is 12.7. The Balaban J connectivity index is 1.20. The minimum absolute atomic E-state index is 0.512. The van der Waals surface area contributed by atoms with Gasteiger partial charge >= 0.3 is 0 Å². The molecule has 1 saturated heterocycles. The molecule has 3 N–H and O–H groups in total. The average molecular weight is 640 g/mol. The van der Waals surface area contributed by atoms with Gasteiger partial charge in [0.15, 0.2) is 0 Å². The Hall–Kier alpha value is -4.19. The predicted molar refractivity (Wildman–Crippen MR) is 185 cm³/mol. The summed E-state index contributed by atoms with van der Waals surface area (Å²) in [5, 5.41) is 7.18. The molecule has 3 aliphatic rings. The molecule has 0 atom stereocenters. The summed E-state index contributed by atoms with van der Waals surface area (Å²) in [4.78, 5) is 15.9. The average Bonchev–Trinajstić information content (AvgIpc) is 3.48. The zero-order valence-electron chi connectivity index (χ0n) is 26.4. The van der Waals surface area contributed by atoms with Crippen LogP contribution in [0.25, 0.3) is 0 Å². The van der Waals surface area contributed by atoms with Gasteiger partial charge in [-0.15, -0.1) is 0 Å². The largest absolute Gasteiger partial charge is 0.497 e. The van der Waals surface area contributed by atoms with Crippen molar-refractivity contribution in [2.45, 2.75) is 43.2 Å². The number of nitrogens with one attached hydrogen (secondary N) is 3. The van der Waals surface area contributed by atoms with Crippen LogP contribution in [0.5, 0.6) is 11.5 Å². The molecular weight excluding hydrogens is 598 g/mol. The van der Waals surface area contributed by atoms with Gasteiger partial charge in [0.05, 0.1) is 38.8 Å². The number of methoxy groups -OCH3 is 2. The standard InChI is InChI=1S/C35H41N7O3S/c1-43-27-13-10-24(11-14-27)23-42-17-16-28-33(36-30-8-3-4-9-32(30)46-40-25-6-5-7-25)38-35(39-34(28)42)37-29-15-12-26(22-31(29)44-2)41-18-20-45-21-19-41/h3-4,8-15,22,25,40H,5-7,16-21,23H2,1-2H3,(H2,36,37,38,39). The van der Waals surface area contributed by atoms with Crippen LogP contribution in [-0.4, -0.2) is 63.1 Å². The number of ether oxygens (including phenoxy) is 3. The quantitative estimate of drug-likeness (QED) is 0.148. The first-order chi connectivity index (χ1) is 22.7. The third kappa shape index (κ3) is 6.81. The number of benzene rings is 3. The Labute approximate surface area is 275 Å². The fourth-order valence-electron chi connectivity index (χ4n) is 5.96. The molecule has 0 amide bonds. The van der Waals surface area contributed by atoms with Crippen molar-refractivity contribution >= 4 is 46.6 Å². The van der Waals surface area contributed by atoms with Crippen LogP contribution in [0, 0.1) is 0 Å². The molecule has 0 unspecified atom stereocenters. The molecule has 11 heteroatoms. The van der Waals surface area contributed by atoms with Gasteiger partial charge in [0.1, 0.15) is 23.1 Å². The molecule has 240 valence electrons. The summed E-state index contributed by atoms with van der Waals surface area (Å²) in [6, 6.07) is 23.4. The summed E-state index contributed by atoms with van der Waals surface area (Å²) >= 11 is 1.69. The van der Waals surface area contributed by atoms with Crippen molar-refractivity contribution in [3.8, 4) is 11.5 Å².